The third-order valence-corrected chi connectivity index (χ3v) is 6.10. The maximum atomic E-state index is 13.5. The molecule has 1 aliphatic rings. The van der Waals surface area contributed by atoms with Crippen LogP contribution in [0.3, 0.4) is 0 Å². The second kappa shape index (κ2) is 9.38. The number of rotatable bonds is 5. The van der Waals surface area contributed by atoms with Crippen molar-refractivity contribution in [3.05, 3.63) is 96.6 Å². The molecule has 0 aliphatic heterocycles. The average Bonchev–Trinajstić information content (AvgIpc) is 2.79. The highest BCUT2D eigenvalue weighted by molar-refractivity contribution is 6.10. The van der Waals surface area contributed by atoms with Gasteiger partial charge in [0.2, 0.25) is 11.8 Å². The largest absolute Gasteiger partial charge is 0.389 e. The highest BCUT2D eigenvalue weighted by Crippen LogP contribution is 2.46. The van der Waals surface area contributed by atoms with Crippen molar-refractivity contribution in [3.63, 3.8) is 0 Å². The quantitative estimate of drug-likeness (QED) is 0.521. The van der Waals surface area contributed by atoms with Gasteiger partial charge in [0.1, 0.15) is 11.7 Å². The van der Waals surface area contributed by atoms with E-state index < -0.39 is 41.0 Å². The Labute approximate surface area is 192 Å². The van der Waals surface area contributed by atoms with Crippen LogP contribution in [0.4, 0.5) is 11.4 Å². The molecule has 3 N–H and O–H groups in total. The Hall–Kier alpha value is -3.77. The summed E-state index contributed by atoms with van der Waals surface area (Å²) in [5.74, 6) is -4.32. The summed E-state index contributed by atoms with van der Waals surface area (Å²) in [5.41, 5.74) is 0.157. The van der Waals surface area contributed by atoms with Crippen molar-refractivity contribution in [1.29, 1.82) is 0 Å². The lowest BCUT2D eigenvalue weighted by atomic mass is 9.61. The lowest BCUT2D eigenvalue weighted by Crippen LogP contribution is -2.56. The molecule has 0 bridgehead atoms. The minimum atomic E-state index is -1.63. The van der Waals surface area contributed by atoms with Gasteiger partial charge in [0.05, 0.1) is 11.5 Å². The smallest absolute Gasteiger partial charge is 0.235 e. The van der Waals surface area contributed by atoms with Gasteiger partial charge in [0, 0.05) is 23.7 Å². The number of hydrogen-bond donors (Lipinski definition) is 3. The van der Waals surface area contributed by atoms with Crippen LogP contribution in [0.5, 0.6) is 0 Å². The van der Waals surface area contributed by atoms with Crippen LogP contribution in [0.1, 0.15) is 24.8 Å². The van der Waals surface area contributed by atoms with Gasteiger partial charge in [-0.25, -0.2) is 0 Å². The molecule has 0 spiro atoms. The van der Waals surface area contributed by atoms with E-state index in [1.54, 1.807) is 72.8 Å². The van der Waals surface area contributed by atoms with Crippen molar-refractivity contribution < 1.29 is 19.5 Å². The zero-order valence-corrected chi connectivity index (χ0v) is 18.3. The normalized spacial score (nSPS) is 24.7. The second-order valence-corrected chi connectivity index (χ2v) is 8.60. The van der Waals surface area contributed by atoms with Crippen LogP contribution in [-0.2, 0) is 14.4 Å². The van der Waals surface area contributed by atoms with Crippen LogP contribution in [0, 0.1) is 11.8 Å². The van der Waals surface area contributed by atoms with Crippen LogP contribution in [0.25, 0.3) is 0 Å². The predicted octanol–water partition coefficient (Wildman–Crippen LogP) is 4.00. The highest BCUT2D eigenvalue weighted by Gasteiger charge is 2.55. The molecule has 3 aromatic carbocycles. The van der Waals surface area contributed by atoms with Crippen molar-refractivity contribution >= 4 is 29.0 Å². The highest BCUT2D eigenvalue weighted by atomic mass is 16.3. The predicted molar refractivity (Wildman–Crippen MR) is 127 cm³/mol. The van der Waals surface area contributed by atoms with E-state index in [0.717, 1.165) is 0 Å². The minimum absolute atomic E-state index is 0.296. The zero-order valence-electron chi connectivity index (χ0n) is 18.3. The van der Waals surface area contributed by atoms with Gasteiger partial charge in [-0.05, 0) is 36.8 Å². The van der Waals surface area contributed by atoms with E-state index in [1.165, 1.54) is 6.92 Å². The molecule has 0 radical (unpaired) electrons. The van der Waals surface area contributed by atoms with Crippen LogP contribution in [0.2, 0.25) is 0 Å². The van der Waals surface area contributed by atoms with Gasteiger partial charge in [0.15, 0.2) is 0 Å². The number of benzene rings is 3. The van der Waals surface area contributed by atoms with Crippen LogP contribution in [0.15, 0.2) is 91.0 Å². The summed E-state index contributed by atoms with van der Waals surface area (Å²) in [7, 11) is 0. The molecule has 0 unspecified atom stereocenters. The minimum Gasteiger partial charge on any atom is -0.389 e. The zero-order chi connectivity index (χ0) is 23.4. The topological polar surface area (TPSA) is 95.5 Å². The van der Waals surface area contributed by atoms with Crippen molar-refractivity contribution in [1.82, 2.24) is 0 Å². The van der Waals surface area contributed by atoms with E-state index >= 15 is 0 Å². The molecule has 6 heteroatoms. The number of carbonyl (C=O) groups is 3. The lowest BCUT2D eigenvalue weighted by Gasteiger charge is -2.44. The van der Waals surface area contributed by atoms with Gasteiger partial charge in [-0.15, -0.1) is 0 Å². The molecule has 0 aromatic heterocycles. The molecule has 1 aliphatic carbocycles. The first kappa shape index (κ1) is 22.4. The summed E-state index contributed by atoms with van der Waals surface area (Å²) >= 11 is 0. The Kier molecular flexibility index (Phi) is 6.38. The standard InChI is InChI=1S/C27H26N2O4/c1-27(33)17-21(30)23(25(31)28-19-13-7-3-8-14-19)22(18-11-5-2-6-12-18)24(27)26(32)29-20-15-9-4-10-16-20/h2-16,22-24,33H,17H2,1H3,(H,28,31)(H,29,32)/t22-,23-,24+,27+/m0/s1. The van der Waals surface area contributed by atoms with Crippen LogP contribution in [-0.4, -0.2) is 28.3 Å². The number of amides is 2. The molecule has 2 amide bonds. The molecule has 3 aromatic rings. The van der Waals surface area contributed by atoms with E-state index in [-0.39, 0.29) is 6.42 Å². The molecule has 1 saturated carbocycles. The first-order chi connectivity index (χ1) is 15.9. The summed E-state index contributed by atoms with van der Waals surface area (Å²) in [6.45, 7) is 1.49. The van der Waals surface area contributed by atoms with Crippen molar-refractivity contribution in [2.24, 2.45) is 11.8 Å². The first-order valence-electron chi connectivity index (χ1n) is 10.9. The molecule has 0 heterocycles. The fraction of sp³-hybridized carbons (Fsp3) is 0.222. The number of carbonyl (C=O) groups excluding carboxylic acids is 3. The van der Waals surface area contributed by atoms with Crippen LogP contribution < -0.4 is 10.6 Å². The second-order valence-electron chi connectivity index (χ2n) is 8.60. The molecule has 0 saturated heterocycles. The Morgan fingerprint density at radius 3 is 1.76 bits per heavy atom. The number of ketones is 1. The van der Waals surface area contributed by atoms with Crippen molar-refractivity contribution in [2.75, 3.05) is 10.6 Å². The fourth-order valence-corrected chi connectivity index (χ4v) is 4.65. The molecular weight excluding hydrogens is 416 g/mol. The van der Waals surface area contributed by atoms with Crippen LogP contribution >= 0.6 is 0 Å². The average molecular weight is 443 g/mol. The Bertz CT molecular complexity index is 1130. The molecule has 4 rings (SSSR count). The first-order valence-corrected chi connectivity index (χ1v) is 10.9. The summed E-state index contributed by atoms with van der Waals surface area (Å²) < 4.78 is 0. The summed E-state index contributed by atoms with van der Waals surface area (Å²) in [5, 5.41) is 16.9. The SMILES string of the molecule is C[C@@]1(O)CC(=O)[C@H](C(=O)Nc2ccccc2)[C@H](c2ccccc2)[C@@H]1C(=O)Nc1ccccc1. The molecular formula is C27H26N2O4. The number of nitrogens with one attached hydrogen (secondary N) is 2. The van der Waals surface area contributed by atoms with Crippen molar-refractivity contribution in [2.45, 2.75) is 24.9 Å². The lowest BCUT2D eigenvalue weighted by molar-refractivity contribution is -0.150. The molecule has 168 valence electrons. The van der Waals surface area contributed by atoms with Crippen molar-refractivity contribution in [3.8, 4) is 0 Å². The summed E-state index contributed by atoms with van der Waals surface area (Å²) in [6, 6.07) is 26.8. The number of Topliss-reactive ketones (excluding diaryl/α,β-unsaturated/α-hetero) is 1. The maximum absolute atomic E-state index is 13.5. The fourth-order valence-electron chi connectivity index (χ4n) is 4.65. The van der Waals surface area contributed by atoms with E-state index in [9.17, 15) is 19.5 Å². The Morgan fingerprint density at radius 1 is 0.788 bits per heavy atom. The van der Waals surface area contributed by atoms with E-state index in [0.29, 0.717) is 16.9 Å². The molecule has 4 atom stereocenters. The molecule has 1 fully saturated rings. The summed E-state index contributed by atoms with van der Waals surface area (Å²) in [6.07, 6.45) is -0.296. The Morgan fingerprint density at radius 2 is 1.24 bits per heavy atom. The maximum Gasteiger partial charge on any atom is 0.235 e. The number of aliphatic hydroxyl groups is 1. The van der Waals surface area contributed by atoms with Gasteiger partial charge in [-0.3, -0.25) is 14.4 Å². The van der Waals surface area contributed by atoms with Gasteiger partial charge in [0.25, 0.3) is 0 Å². The molecule has 6 nitrogen and oxygen atoms in total. The van der Waals surface area contributed by atoms with E-state index in [4.69, 9.17) is 0 Å². The third kappa shape index (κ3) is 4.86. The molecule has 33 heavy (non-hydrogen) atoms. The van der Waals surface area contributed by atoms with Gasteiger partial charge >= 0.3 is 0 Å². The van der Waals surface area contributed by atoms with Gasteiger partial charge < -0.3 is 15.7 Å². The third-order valence-electron chi connectivity index (χ3n) is 6.10. The van der Waals surface area contributed by atoms with E-state index in [1.807, 2.05) is 18.2 Å². The number of anilines is 2. The van der Waals surface area contributed by atoms with Gasteiger partial charge in [-0.1, -0.05) is 66.7 Å². The number of hydrogen-bond acceptors (Lipinski definition) is 4. The Balaban J connectivity index is 1.74. The monoisotopic (exact) mass is 442 g/mol. The van der Waals surface area contributed by atoms with Gasteiger partial charge in [-0.2, -0.15) is 0 Å². The number of para-hydroxylation sites is 2. The van der Waals surface area contributed by atoms with E-state index in [2.05, 4.69) is 10.6 Å². The summed E-state index contributed by atoms with van der Waals surface area (Å²) in [4.78, 5) is 40.0.